The van der Waals surface area contributed by atoms with E-state index in [1.807, 2.05) is 25.1 Å². The van der Waals surface area contributed by atoms with Gasteiger partial charge in [-0.1, -0.05) is 6.07 Å². The molecule has 1 unspecified atom stereocenters. The molecular weight excluding hydrogens is 246 g/mol. The Morgan fingerprint density at radius 3 is 2.89 bits per heavy atom. The SMILES string of the molecule is CC(CO)N(C)C(=O)CCc1ccc2c(c1)OCO2. The maximum absolute atomic E-state index is 11.9. The largest absolute Gasteiger partial charge is 0.454 e. The maximum Gasteiger partial charge on any atom is 0.231 e. The first-order chi connectivity index (χ1) is 9.11. The topological polar surface area (TPSA) is 59.0 Å². The van der Waals surface area contributed by atoms with Crippen LogP contribution in [0.25, 0.3) is 0 Å². The van der Waals surface area contributed by atoms with Crippen LogP contribution in [0.3, 0.4) is 0 Å². The highest BCUT2D eigenvalue weighted by Gasteiger charge is 2.16. The number of ether oxygens (including phenoxy) is 2. The standard InChI is InChI=1S/C14H19NO4/c1-10(8-16)15(2)14(17)6-4-11-3-5-12-13(7-11)19-9-18-12/h3,5,7,10,16H,4,6,8-9H2,1-2H3. The number of carbonyl (C=O) groups excluding carboxylic acids is 1. The van der Waals surface area contributed by atoms with Gasteiger partial charge in [0.1, 0.15) is 0 Å². The van der Waals surface area contributed by atoms with E-state index in [0.29, 0.717) is 12.8 Å². The molecule has 0 spiro atoms. The van der Waals surface area contributed by atoms with E-state index in [0.717, 1.165) is 17.1 Å². The van der Waals surface area contributed by atoms with Gasteiger partial charge in [-0.25, -0.2) is 0 Å². The van der Waals surface area contributed by atoms with E-state index >= 15 is 0 Å². The molecule has 5 heteroatoms. The highest BCUT2D eigenvalue weighted by atomic mass is 16.7. The predicted octanol–water partition coefficient (Wildman–Crippen LogP) is 1.19. The van der Waals surface area contributed by atoms with E-state index in [1.54, 1.807) is 11.9 Å². The lowest BCUT2D eigenvalue weighted by molar-refractivity contribution is -0.132. The lowest BCUT2D eigenvalue weighted by Crippen LogP contribution is -2.37. The molecule has 1 aliphatic rings. The zero-order valence-electron chi connectivity index (χ0n) is 11.3. The molecule has 1 aromatic carbocycles. The number of aliphatic hydroxyl groups is 1. The number of aryl methyl sites for hydroxylation is 1. The van der Waals surface area contributed by atoms with Gasteiger partial charge in [0.05, 0.1) is 12.6 Å². The minimum Gasteiger partial charge on any atom is -0.454 e. The number of rotatable bonds is 5. The predicted molar refractivity (Wildman–Crippen MR) is 70.2 cm³/mol. The molecule has 1 N–H and O–H groups in total. The number of likely N-dealkylation sites (N-methyl/N-ethyl adjacent to an activating group) is 1. The van der Waals surface area contributed by atoms with Gasteiger partial charge in [0.25, 0.3) is 0 Å². The molecule has 1 aliphatic heterocycles. The van der Waals surface area contributed by atoms with Crippen molar-refractivity contribution in [1.82, 2.24) is 4.90 Å². The molecule has 5 nitrogen and oxygen atoms in total. The van der Waals surface area contributed by atoms with Gasteiger partial charge in [-0.05, 0) is 31.0 Å². The summed E-state index contributed by atoms with van der Waals surface area (Å²) in [4.78, 5) is 13.5. The Morgan fingerprint density at radius 1 is 1.42 bits per heavy atom. The number of hydrogen-bond acceptors (Lipinski definition) is 4. The third-order valence-corrected chi connectivity index (χ3v) is 3.38. The smallest absolute Gasteiger partial charge is 0.231 e. The Bertz CT molecular complexity index is 461. The first-order valence-electron chi connectivity index (χ1n) is 6.37. The molecule has 1 heterocycles. The molecule has 0 saturated carbocycles. The number of carbonyl (C=O) groups is 1. The molecule has 0 saturated heterocycles. The van der Waals surface area contributed by atoms with E-state index in [4.69, 9.17) is 14.6 Å². The minimum absolute atomic E-state index is 0.0216. The average molecular weight is 265 g/mol. The van der Waals surface area contributed by atoms with Crippen LogP contribution in [-0.2, 0) is 11.2 Å². The van der Waals surface area contributed by atoms with Crippen molar-refractivity contribution in [3.05, 3.63) is 23.8 Å². The Morgan fingerprint density at radius 2 is 2.16 bits per heavy atom. The van der Waals surface area contributed by atoms with Crippen LogP contribution in [0.15, 0.2) is 18.2 Å². The fraction of sp³-hybridized carbons (Fsp3) is 0.500. The second-order valence-electron chi connectivity index (χ2n) is 4.72. The maximum atomic E-state index is 11.9. The van der Waals surface area contributed by atoms with Gasteiger partial charge in [-0.15, -0.1) is 0 Å². The van der Waals surface area contributed by atoms with Crippen LogP contribution in [0.1, 0.15) is 18.9 Å². The van der Waals surface area contributed by atoms with Gasteiger partial charge in [0.2, 0.25) is 12.7 Å². The lowest BCUT2D eigenvalue weighted by Gasteiger charge is -2.23. The molecule has 0 bridgehead atoms. The van der Waals surface area contributed by atoms with Gasteiger partial charge in [-0.2, -0.15) is 0 Å². The van der Waals surface area contributed by atoms with Gasteiger partial charge in [-0.3, -0.25) is 4.79 Å². The van der Waals surface area contributed by atoms with Crippen molar-refractivity contribution in [2.24, 2.45) is 0 Å². The van der Waals surface area contributed by atoms with Crippen LogP contribution in [-0.4, -0.2) is 42.4 Å². The number of aliphatic hydroxyl groups excluding tert-OH is 1. The molecule has 1 atom stereocenters. The van der Waals surface area contributed by atoms with Crippen molar-refractivity contribution in [2.75, 3.05) is 20.4 Å². The number of benzene rings is 1. The summed E-state index contributed by atoms with van der Waals surface area (Å²) in [6, 6.07) is 5.56. The summed E-state index contributed by atoms with van der Waals surface area (Å²) in [5.41, 5.74) is 1.04. The number of nitrogens with zero attached hydrogens (tertiary/aromatic N) is 1. The third-order valence-electron chi connectivity index (χ3n) is 3.38. The van der Waals surface area contributed by atoms with E-state index < -0.39 is 0 Å². The molecule has 104 valence electrons. The Balaban J connectivity index is 1.90. The monoisotopic (exact) mass is 265 g/mol. The van der Waals surface area contributed by atoms with Crippen molar-refractivity contribution in [3.63, 3.8) is 0 Å². The summed E-state index contributed by atoms with van der Waals surface area (Å²) in [5.74, 6) is 1.52. The third kappa shape index (κ3) is 3.17. The van der Waals surface area contributed by atoms with E-state index in [2.05, 4.69) is 0 Å². The molecular formula is C14H19NO4. The summed E-state index contributed by atoms with van der Waals surface area (Å²) in [6.45, 7) is 2.05. The van der Waals surface area contributed by atoms with Crippen molar-refractivity contribution in [2.45, 2.75) is 25.8 Å². The number of amides is 1. The summed E-state index contributed by atoms with van der Waals surface area (Å²) in [5, 5.41) is 9.02. The van der Waals surface area contributed by atoms with Gasteiger partial charge in [0, 0.05) is 13.5 Å². The van der Waals surface area contributed by atoms with Crippen LogP contribution >= 0.6 is 0 Å². The Labute approximate surface area is 112 Å². The van der Waals surface area contributed by atoms with Crippen molar-refractivity contribution in [1.29, 1.82) is 0 Å². The van der Waals surface area contributed by atoms with Crippen LogP contribution in [0.5, 0.6) is 11.5 Å². The molecule has 1 amide bonds. The Hall–Kier alpha value is -1.75. The summed E-state index contributed by atoms with van der Waals surface area (Å²) in [7, 11) is 1.71. The molecule has 1 aromatic rings. The fourth-order valence-electron chi connectivity index (χ4n) is 1.89. The second-order valence-corrected chi connectivity index (χ2v) is 4.72. The summed E-state index contributed by atoms with van der Waals surface area (Å²) in [6.07, 6.45) is 1.07. The first-order valence-corrected chi connectivity index (χ1v) is 6.37. The van der Waals surface area contributed by atoms with Crippen LogP contribution in [0.2, 0.25) is 0 Å². The van der Waals surface area contributed by atoms with Gasteiger partial charge in [0.15, 0.2) is 11.5 Å². The van der Waals surface area contributed by atoms with Crippen LogP contribution < -0.4 is 9.47 Å². The molecule has 0 aromatic heterocycles. The van der Waals surface area contributed by atoms with Crippen molar-refractivity contribution in [3.8, 4) is 11.5 Å². The molecule has 0 fully saturated rings. The normalized spacial score (nSPS) is 14.3. The van der Waals surface area contributed by atoms with Crippen LogP contribution in [0.4, 0.5) is 0 Å². The highest BCUT2D eigenvalue weighted by molar-refractivity contribution is 5.76. The van der Waals surface area contributed by atoms with Crippen LogP contribution in [0, 0.1) is 0 Å². The number of hydrogen-bond donors (Lipinski definition) is 1. The molecule has 19 heavy (non-hydrogen) atoms. The van der Waals surface area contributed by atoms with Crippen molar-refractivity contribution < 1.29 is 19.4 Å². The Kier molecular flexibility index (Phi) is 4.27. The van der Waals surface area contributed by atoms with E-state index in [-0.39, 0.29) is 25.3 Å². The fourth-order valence-corrected chi connectivity index (χ4v) is 1.89. The molecule has 0 radical (unpaired) electrons. The summed E-state index contributed by atoms with van der Waals surface area (Å²) >= 11 is 0. The van der Waals surface area contributed by atoms with Gasteiger partial charge < -0.3 is 19.5 Å². The summed E-state index contributed by atoms with van der Waals surface area (Å²) < 4.78 is 10.5. The first kappa shape index (κ1) is 13.7. The van der Waals surface area contributed by atoms with E-state index in [9.17, 15) is 4.79 Å². The van der Waals surface area contributed by atoms with Crippen molar-refractivity contribution >= 4 is 5.91 Å². The quantitative estimate of drug-likeness (QED) is 0.868. The zero-order chi connectivity index (χ0) is 13.8. The average Bonchev–Trinajstić information content (AvgIpc) is 2.90. The van der Waals surface area contributed by atoms with E-state index in [1.165, 1.54) is 0 Å². The number of fused-ring (bicyclic) bond motifs is 1. The lowest BCUT2D eigenvalue weighted by atomic mass is 10.1. The van der Waals surface area contributed by atoms with Gasteiger partial charge >= 0.3 is 0 Å². The second kappa shape index (κ2) is 5.93. The molecule has 2 rings (SSSR count). The highest BCUT2D eigenvalue weighted by Crippen LogP contribution is 2.32. The zero-order valence-corrected chi connectivity index (χ0v) is 11.3. The molecule has 0 aliphatic carbocycles. The minimum atomic E-state index is -0.149.